The second-order valence-corrected chi connectivity index (χ2v) is 6.80. The van der Waals surface area contributed by atoms with Crippen molar-refractivity contribution in [3.8, 4) is 11.4 Å². The fourth-order valence-corrected chi connectivity index (χ4v) is 2.80. The molecule has 7 nitrogen and oxygen atoms in total. The Morgan fingerprint density at radius 3 is 2.44 bits per heavy atom. The van der Waals surface area contributed by atoms with Gasteiger partial charge >= 0.3 is 6.18 Å². The molecule has 0 amide bonds. The molecule has 1 aromatic heterocycles. The summed E-state index contributed by atoms with van der Waals surface area (Å²) in [5, 5.41) is 10.4. The summed E-state index contributed by atoms with van der Waals surface area (Å²) in [5.41, 5.74) is 3.35. The standard InChI is InChI=1S/C21H23F3N6O.HI/c1-15-3-6-17(19(9-15)31-12-21(22,23)24)11-28-20(25-2)27-10-16-4-7-18(8-5-16)30-14-26-13-29-30;/h3-9,13-14H,10-12H2,1-2H3,(H2,25,27,28);1H. The molecule has 11 heteroatoms. The van der Waals surface area contributed by atoms with Crippen LogP contribution in [0.1, 0.15) is 16.7 Å². The van der Waals surface area contributed by atoms with Gasteiger partial charge in [-0.1, -0.05) is 24.3 Å². The first-order valence-electron chi connectivity index (χ1n) is 9.51. The Kier molecular flexibility index (Phi) is 9.29. The quantitative estimate of drug-likeness (QED) is 0.260. The van der Waals surface area contributed by atoms with Crippen LogP contribution < -0.4 is 15.4 Å². The average Bonchev–Trinajstić information content (AvgIpc) is 3.28. The predicted molar refractivity (Wildman–Crippen MR) is 127 cm³/mol. The number of aliphatic imine (C=N–C) groups is 1. The van der Waals surface area contributed by atoms with E-state index >= 15 is 0 Å². The summed E-state index contributed by atoms with van der Waals surface area (Å²) in [7, 11) is 1.62. The van der Waals surface area contributed by atoms with Crippen LogP contribution in [0.3, 0.4) is 0 Å². The highest BCUT2D eigenvalue weighted by molar-refractivity contribution is 14.0. The average molecular weight is 560 g/mol. The zero-order valence-corrected chi connectivity index (χ0v) is 19.9. The van der Waals surface area contributed by atoms with E-state index in [0.717, 1.165) is 16.8 Å². The third kappa shape index (κ3) is 7.70. The molecule has 0 saturated carbocycles. The molecule has 3 aromatic rings. The first-order chi connectivity index (χ1) is 14.8. The van der Waals surface area contributed by atoms with E-state index in [2.05, 4.69) is 25.7 Å². The van der Waals surface area contributed by atoms with E-state index in [-0.39, 0.29) is 36.3 Å². The molecule has 3 rings (SSSR count). The lowest BCUT2D eigenvalue weighted by Gasteiger charge is -2.16. The highest BCUT2D eigenvalue weighted by Gasteiger charge is 2.28. The maximum atomic E-state index is 12.5. The van der Waals surface area contributed by atoms with E-state index in [1.165, 1.54) is 6.33 Å². The van der Waals surface area contributed by atoms with Gasteiger partial charge in [0.25, 0.3) is 0 Å². The molecule has 2 aromatic carbocycles. The summed E-state index contributed by atoms with van der Waals surface area (Å²) in [5.74, 6) is 0.715. The Hall–Kier alpha value is -2.83. The number of hydrogen-bond acceptors (Lipinski definition) is 4. The Balaban J connectivity index is 0.00000363. The van der Waals surface area contributed by atoms with Gasteiger partial charge in [-0.3, -0.25) is 4.99 Å². The molecule has 0 aliphatic rings. The van der Waals surface area contributed by atoms with Crippen molar-refractivity contribution >= 4 is 29.9 Å². The summed E-state index contributed by atoms with van der Waals surface area (Å²) >= 11 is 0. The molecule has 0 fully saturated rings. The highest BCUT2D eigenvalue weighted by Crippen LogP contribution is 2.23. The van der Waals surface area contributed by atoms with E-state index < -0.39 is 12.8 Å². The molecule has 0 spiro atoms. The summed E-state index contributed by atoms with van der Waals surface area (Å²) < 4.78 is 44.2. The first kappa shape index (κ1) is 25.4. The van der Waals surface area contributed by atoms with Gasteiger partial charge in [0.15, 0.2) is 12.6 Å². The third-order valence-corrected chi connectivity index (χ3v) is 4.36. The van der Waals surface area contributed by atoms with E-state index in [4.69, 9.17) is 4.74 Å². The zero-order chi connectivity index (χ0) is 22.3. The van der Waals surface area contributed by atoms with Crippen LogP contribution in [0.5, 0.6) is 5.75 Å². The molecule has 0 unspecified atom stereocenters. The second kappa shape index (κ2) is 11.7. The van der Waals surface area contributed by atoms with Crippen LogP contribution in [-0.4, -0.2) is 40.6 Å². The Bertz CT molecular complexity index is 1010. The first-order valence-corrected chi connectivity index (χ1v) is 9.51. The van der Waals surface area contributed by atoms with Gasteiger partial charge in [-0.15, -0.1) is 24.0 Å². The molecule has 0 atom stereocenters. The van der Waals surface area contributed by atoms with Crippen LogP contribution in [0.15, 0.2) is 60.1 Å². The molecule has 0 bridgehead atoms. The fourth-order valence-electron chi connectivity index (χ4n) is 2.80. The second-order valence-electron chi connectivity index (χ2n) is 6.80. The number of hydrogen-bond donors (Lipinski definition) is 2. The van der Waals surface area contributed by atoms with Gasteiger partial charge in [0.2, 0.25) is 0 Å². The van der Waals surface area contributed by atoms with Crippen molar-refractivity contribution in [2.45, 2.75) is 26.2 Å². The minimum Gasteiger partial charge on any atom is -0.484 e. The lowest BCUT2D eigenvalue weighted by atomic mass is 10.1. The maximum absolute atomic E-state index is 12.5. The van der Waals surface area contributed by atoms with Crippen LogP contribution in [-0.2, 0) is 13.1 Å². The van der Waals surface area contributed by atoms with E-state index in [1.54, 1.807) is 37.1 Å². The lowest BCUT2D eigenvalue weighted by molar-refractivity contribution is -0.153. The van der Waals surface area contributed by atoms with Crippen molar-refractivity contribution in [1.29, 1.82) is 0 Å². The van der Waals surface area contributed by atoms with Gasteiger partial charge in [0.1, 0.15) is 18.4 Å². The molecule has 32 heavy (non-hydrogen) atoms. The van der Waals surface area contributed by atoms with E-state index in [1.807, 2.05) is 30.3 Å². The molecule has 0 saturated heterocycles. The number of rotatable bonds is 7. The number of nitrogens with zero attached hydrogens (tertiary/aromatic N) is 4. The number of aryl methyl sites for hydroxylation is 1. The van der Waals surface area contributed by atoms with Gasteiger partial charge in [-0.25, -0.2) is 9.67 Å². The van der Waals surface area contributed by atoms with Crippen molar-refractivity contribution in [2.75, 3.05) is 13.7 Å². The van der Waals surface area contributed by atoms with Crippen molar-refractivity contribution < 1.29 is 17.9 Å². The summed E-state index contributed by atoms with van der Waals surface area (Å²) in [6.07, 6.45) is -1.30. The Morgan fingerprint density at radius 1 is 1.09 bits per heavy atom. The molecule has 172 valence electrons. The van der Waals surface area contributed by atoms with Gasteiger partial charge in [0.05, 0.1) is 5.69 Å². The van der Waals surface area contributed by atoms with Gasteiger partial charge in [-0.05, 0) is 36.2 Å². The molecule has 0 radical (unpaired) electrons. The number of guanidine groups is 1. The SMILES string of the molecule is CN=C(NCc1ccc(-n2cncn2)cc1)NCc1ccc(C)cc1OCC(F)(F)F.I. The predicted octanol–water partition coefficient (Wildman–Crippen LogP) is 4.00. The van der Waals surface area contributed by atoms with Crippen LogP contribution in [0.25, 0.3) is 5.69 Å². The van der Waals surface area contributed by atoms with Crippen molar-refractivity contribution in [3.63, 3.8) is 0 Å². The maximum Gasteiger partial charge on any atom is 0.422 e. The van der Waals surface area contributed by atoms with Crippen molar-refractivity contribution in [3.05, 3.63) is 71.8 Å². The Morgan fingerprint density at radius 2 is 1.81 bits per heavy atom. The minimum absolute atomic E-state index is 0. The number of benzene rings is 2. The van der Waals surface area contributed by atoms with E-state index in [0.29, 0.717) is 18.1 Å². The summed E-state index contributed by atoms with van der Waals surface area (Å²) in [4.78, 5) is 8.08. The summed E-state index contributed by atoms with van der Waals surface area (Å²) in [6.45, 7) is 1.24. The number of aromatic nitrogens is 3. The molecule has 2 N–H and O–H groups in total. The van der Waals surface area contributed by atoms with Crippen molar-refractivity contribution in [2.24, 2.45) is 4.99 Å². The monoisotopic (exact) mass is 560 g/mol. The van der Waals surface area contributed by atoms with Crippen LogP contribution >= 0.6 is 24.0 Å². The molecular weight excluding hydrogens is 536 g/mol. The summed E-state index contributed by atoms with van der Waals surface area (Å²) in [6, 6.07) is 12.9. The molecular formula is C21H24F3IN6O. The topological polar surface area (TPSA) is 76.4 Å². The smallest absolute Gasteiger partial charge is 0.422 e. The number of ether oxygens (including phenoxy) is 1. The van der Waals surface area contributed by atoms with Gasteiger partial charge in [0, 0.05) is 25.7 Å². The van der Waals surface area contributed by atoms with Gasteiger partial charge < -0.3 is 15.4 Å². The Labute approximate surface area is 201 Å². The largest absolute Gasteiger partial charge is 0.484 e. The van der Waals surface area contributed by atoms with Crippen LogP contribution in [0.2, 0.25) is 0 Å². The molecule has 0 aliphatic carbocycles. The zero-order valence-electron chi connectivity index (χ0n) is 17.6. The normalized spacial score (nSPS) is 11.6. The third-order valence-electron chi connectivity index (χ3n) is 4.36. The fraction of sp³-hybridized carbons (Fsp3) is 0.286. The minimum atomic E-state index is -4.39. The molecule has 1 heterocycles. The van der Waals surface area contributed by atoms with Gasteiger partial charge in [-0.2, -0.15) is 18.3 Å². The molecule has 0 aliphatic heterocycles. The number of halogens is 4. The lowest BCUT2D eigenvalue weighted by Crippen LogP contribution is -2.36. The van der Waals surface area contributed by atoms with Crippen LogP contribution in [0.4, 0.5) is 13.2 Å². The number of nitrogens with one attached hydrogen (secondary N) is 2. The van der Waals surface area contributed by atoms with E-state index in [9.17, 15) is 13.2 Å². The number of alkyl halides is 3. The highest BCUT2D eigenvalue weighted by atomic mass is 127. The van der Waals surface area contributed by atoms with Crippen molar-refractivity contribution in [1.82, 2.24) is 25.4 Å². The van der Waals surface area contributed by atoms with Crippen LogP contribution in [0, 0.1) is 6.92 Å².